The van der Waals surface area contributed by atoms with Crippen LogP contribution in [0, 0.1) is 0 Å². The smallest absolute Gasteiger partial charge is 0.0365 e. The molecule has 0 radical (unpaired) electrons. The van der Waals surface area contributed by atoms with Crippen molar-refractivity contribution in [2.45, 2.75) is 32.7 Å². The number of hydrogen-bond acceptors (Lipinski definition) is 2. The summed E-state index contributed by atoms with van der Waals surface area (Å²) < 4.78 is 0. The maximum absolute atomic E-state index is 3.98. The summed E-state index contributed by atoms with van der Waals surface area (Å²) in [7, 11) is 0. The average molecular weight is 209 g/mol. The zero-order chi connectivity index (χ0) is 10.4. The van der Waals surface area contributed by atoms with Crippen molar-refractivity contribution in [3.05, 3.63) is 34.5 Å². The van der Waals surface area contributed by atoms with E-state index in [9.17, 15) is 0 Å². The predicted octanol–water partition coefficient (Wildman–Crippen LogP) is 3.76. The molecule has 0 saturated carbocycles. The molecule has 14 heavy (non-hydrogen) atoms. The van der Waals surface area contributed by atoms with Crippen molar-refractivity contribution in [1.29, 1.82) is 0 Å². The monoisotopic (exact) mass is 209 g/mol. The van der Waals surface area contributed by atoms with Crippen LogP contribution in [0.3, 0.4) is 0 Å². The first-order valence-electron chi connectivity index (χ1n) is 5.14. The van der Waals surface area contributed by atoms with Gasteiger partial charge in [0.2, 0.25) is 0 Å². The standard InChI is InChI=1S/C12H19NS/c1-4-6-13-12(8-10(2)3)11-5-7-14-9-11/h5,7,9,12-13H,2,4,6,8H2,1,3H3. The fourth-order valence-electron chi connectivity index (χ4n) is 1.45. The van der Waals surface area contributed by atoms with Gasteiger partial charge in [-0.3, -0.25) is 0 Å². The van der Waals surface area contributed by atoms with Crippen molar-refractivity contribution in [3.8, 4) is 0 Å². The van der Waals surface area contributed by atoms with Crippen molar-refractivity contribution in [2.75, 3.05) is 6.54 Å². The summed E-state index contributed by atoms with van der Waals surface area (Å²) >= 11 is 1.76. The van der Waals surface area contributed by atoms with E-state index in [2.05, 4.69) is 42.6 Å². The molecule has 1 atom stereocenters. The van der Waals surface area contributed by atoms with Gasteiger partial charge in [-0.15, -0.1) is 6.58 Å². The zero-order valence-electron chi connectivity index (χ0n) is 9.05. The first-order chi connectivity index (χ1) is 6.74. The molecule has 0 spiro atoms. The summed E-state index contributed by atoms with van der Waals surface area (Å²) in [6.45, 7) is 9.34. The minimum Gasteiger partial charge on any atom is -0.310 e. The van der Waals surface area contributed by atoms with Gasteiger partial charge in [0.25, 0.3) is 0 Å². The van der Waals surface area contributed by atoms with Gasteiger partial charge in [-0.2, -0.15) is 11.3 Å². The van der Waals surface area contributed by atoms with Crippen molar-refractivity contribution in [3.63, 3.8) is 0 Å². The van der Waals surface area contributed by atoms with Crippen LogP contribution < -0.4 is 5.32 Å². The maximum atomic E-state index is 3.98. The van der Waals surface area contributed by atoms with E-state index in [1.165, 1.54) is 17.6 Å². The highest BCUT2D eigenvalue weighted by molar-refractivity contribution is 7.07. The third-order valence-electron chi connectivity index (χ3n) is 2.14. The van der Waals surface area contributed by atoms with Crippen molar-refractivity contribution < 1.29 is 0 Å². The Balaban J connectivity index is 2.57. The molecule has 1 aromatic heterocycles. The molecule has 2 heteroatoms. The van der Waals surface area contributed by atoms with E-state index in [0.717, 1.165) is 13.0 Å². The van der Waals surface area contributed by atoms with Gasteiger partial charge >= 0.3 is 0 Å². The fraction of sp³-hybridized carbons (Fsp3) is 0.500. The lowest BCUT2D eigenvalue weighted by molar-refractivity contribution is 0.529. The molecule has 0 saturated heterocycles. The molecule has 1 heterocycles. The Labute approximate surface area is 90.9 Å². The molecule has 0 aliphatic rings. The molecular weight excluding hydrogens is 190 g/mol. The number of nitrogens with one attached hydrogen (secondary N) is 1. The molecule has 1 rings (SSSR count). The highest BCUT2D eigenvalue weighted by Gasteiger charge is 2.10. The first-order valence-corrected chi connectivity index (χ1v) is 6.08. The van der Waals surface area contributed by atoms with Crippen LogP contribution in [-0.2, 0) is 0 Å². The average Bonchev–Trinajstić information content (AvgIpc) is 2.64. The van der Waals surface area contributed by atoms with Gasteiger partial charge in [-0.1, -0.05) is 12.5 Å². The highest BCUT2D eigenvalue weighted by Crippen LogP contribution is 2.22. The normalized spacial score (nSPS) is 12.7. The molecular formula is C12H19NS. The Morgan fingerprint density at radius 2 is 2.43 bits per heavy atom. The van der Waals surface area contributed by atoms with Crippen LogP contribution >= 0.6 is 11.3 Å². The Kier molecular flexibility index (Phi) is 4.91. The van der Waals surface area contributed by atoms with Crippen molar-refractivity contribution in [1.82, 2.24) is 5.32 Å². The zero-order valence-corrected chi connectivity index (χ0v) is 9.86. The van der Waals surface area contributed by atoms with Gasteiger partial charge in [0.15, 0.2) is 0 Å². The van der Waals surface area contributed by atoms with Crippen molar-refractivity contribution >= 4 is 11.3 Å². The van der Waals surface area contributed by atoms with E-state index in [4.69, 9.17) is 0 Å². The SMILES string of the molecule is C=C(C)CC(NCCC)c1ccsc1. The quantitative estimate of drug-likeness (QED) is 0.703. The Bertz CT molecular complexity index is 264. The summed E-state index contributed by atoms with van der Waals surface area (Å²) in [4.78, 5) is 0. The molecule has 1 unspecified atom stereocenters. The summed E-state index contributed by atoms with van der Waals surface area (Å²) in [5, 5.41) is 7.90. The highest BCUT2D eigenvalue weighted by atomic mass is 32.1. The Morgan fingerprint density at radius 3 is 2.93 bits per heavy atom. The summed E-state index contributed by atoms with van der Waals surface area (Å²) in [5.74, 6) is 0. The lowest BCUT2D eigenvalue weighted by atomic mass is 10.0. The lowest BCUT2D eigenvalue weighted by Crippen LogP contribution is -2.21. The second-order valence-corrected chi connectivity index (χ2v) is 4.50. The third kappa shape index (κ3) is 3.64. The molecule has 0 fully saturated rings. The topological polar surface area (TPSA) is 12.0 Å². The summed E-state index contributed by atoms with van der Waals surface area (Å²) in [6, 6.07) is 2.65. The predicted molar refractivity (Wildman–Crippen MR) is 64.8 cm³/mol. The molecule has 0 aromatic carbocycles. The molecule has 0 amide bonds. The van der Waals surface area contributed by atoms with Crippen LogP contribution in [0.5, 0.6) is 0 Å². The largest absolute Gasteiger partial charge is 0.310 e. The van der Waals surface area contributed by atoms with Gasteiger partial charge in [0.1, 0.15) is 0 Å². The molecule has 1 aromatic rings. The van der Waals surface area contributed by atoms with E-state index in [0.29, 0.717) is 6.04 Å². The fourth-order valence-corrected chi connectivity index (χ4v) is 2.16. The van der Waals surface area contributed by atoms with Crippen LogP contribution in [-0.4, -0.2) is 6.54 Å². The second kappa shape index (κ2) is 5.99. The number of rotatable bonds is 6. The van der Waals surface area contributed by atoms with E-state index in [1.54, 1.807) is 11.3 Å². The Morgan fingerprint density at radius 1 is 1.64 bits per heavy atom. The molecule has 0 aliphatic heterocycles. The van der Waals surface area contributed by atoms with Gasteiger partial charge in [0.05, 0.1) is 0 Å². The molecule has 0 aliphatic carbocycles. The molecule has 1 N–H and O–H groups in total. The van der Waals surface area contributed by atoms with Crippen LogP contribution in [0.15, 0.2) is 29.0 Å². The summed E-state index contributed by atoms with van der Waals surface area (Å²) in [6.07, 6.45) is 2.22. The van der Waals surface area contributed by atoms with E-state index < -0.39 is 0 Å². The minimum absolute atomic E-state index is 0.457. The van der Waals surface area contributed by atoms with Crippen LogP contribution in [0.4, 0.5) is 0 Å². The number of thiophene rings is 1. The molecule has 0 bridgehead atoms. The molecule has 78 valence electrons. The van der Waals surface area contributed by atoms with E-state index in [-0.39, 0.29) is 0 Å². The van der Waals surface area contributed by atoms with Crippen LogP contribution in [0.1, 0.15) is 38.3 Å². The van der Waals surface area contributed by atoms with E-state index in [1.807, 2.05) is 0 Å². The Hall–Kier alpha value is -0.600. The van der Waals surface area contributed by atoms with Gasteiger partial charge in [-0.25, -0.2) is 0 Å². The second-order valence-electron chi connectivity index (χ2n) is 3.72. The van der Waals surface area contributed by atoms with Crippen molar-refractivity contribution in [2.24, 2.45) is 0 Å². The van der Waals surface area contributed by atoms with E-state index >= 15 is 0 Å². The molecule has 1 nitrogen and oxygen atoms in total. The van der Waals surface area contributed by atoms with Crippen LogP contribution in [0.2, 0.25) is 0 Å². The maximum Gasteiger partial charge on any atom is 0.0365 e. The lowest BCUT2D eigenvalue weighted by Gasteiger charge is -2.17. The minimum atomic E-state index is 0.457. The van der Waals surface area contributed by atoms with Gasteiger partial charge in [-0.05, 0) is 48.7 Å². The first kappa shape index (κ1) is 11.5. The van der Waals surface area contributed by atoms with Gasteiger partial charge in [0, 0.05) is 6.04 Å². The number of hydrogen-bond donors (Lipinski definition) is 1. The van der Waals surface area contributed by atoms with Gasteiger partial charge < -0.3 is 5.32 Å². The van der Waals surface area contributed by atoms with Crippen LogP contribution in [0.25, 0.3) is 0 Å². The summed E-state index contributed by atoms with van der Waals surface area (Å²) in [5.41, 5.74) is 2.64. The third-order valence-corrected chi connectivity index (χ3v) is 2.84.